The number of likely N-dealkylation sites (tertiary alicyclic amines) is 1. The number of carbonyl (C=O) groups excluding carboxylic acids is 1. The number of nitrogens with zero attached hydrogens (tertiary/aromatic N) is 3. The van der Waals surface area contributed by atoms with Gasteiger partial charge in [0.15, 0.2) is 0 Å². The first kappa shape index (κ1) is 17.2. The number of rotatable bonds is 6. The highest BCUT2D eigenvalue weighted by molar-refractivity contribution is 5.73. The van der Waals surface area contributed by atoms with Crippen LogP contribution < -0.4 is 10.6 Å². The molecule has 0 radical (unpaired) electrons. The second kappa shape index (κ2) is 7.94. The second-order valence-electron chi connectivity index (χ2n) is 6.68. The monoisotopic (exact) mass is 339 g/mol. The van der Waals surface area contributed by atoms with Crippen molar-refractivity contribution in [2.75, 3.05) is 32.8 Å². The Morgan fingerprint density at radius 3 is 3.00 bits per heavy atom. The lowest BCUT2D eigenvalue weighted by Crippen LogP contribution is -2.45. The third-order valence-electron chi connectivity index (χ3n) is 4.84. The van der Waals surface area contributed by atoms with Crippen molar-refractivity contribution in [1.82, 2.24) is 25.3 Å². The number of aromatic nitrogens is 2. The minimum Gasteiger partial charge on any atom is -0.381 e. The van der Waals surface area contributed by atoms with Crippen molar-refractivity contribution < 1.29 is 13.9 Å². The Bertz CT molecular complexity index is 546. The smallest absolute Gasteiger partial charge is 0.314 e. The van der Waals surface area contributed by atoms with Crippen LogP contribution in [0, 0.1) is 5.92 Å². The van der Waals surface area contributed by atoms with Gasteiger partial charge in [-0.3, -0.25) is 9.58 Å². The number of aryl methyl sites for hydroxylation is 1. The number of carbonyl (C=O) groups is 1. The summed E-state index contributed by atoms with van der Waals surface area (Å²) in [5.41, 5.74) is 1.04. The molecule has 2 saturated heterocycles. The summed E-state index contributed by atoms with van der Waals surface area (Å²) in [6.45, 7) is 3.61. The van der Waals surface area contributed by atoms with Gasteiger partial charge in [0.2, 0.25) is 0 Å². The van der Waals surface area contributed by atoms with E-state index in [2.05, 4.69) is 20.6 Å². The maximum atomic E-state index is 13.8. The van der Waals surface area contributed by atoms with Gasteiger partial charge in [0.05, 0.1) is 12.3 Å². The van der Waals surface area contributed by atoms with Crippen molar-refractivity contribution in [3.05, 3.63) is 18.0 Å². The first-order chi connectivity index (χ1) is 11.6. The Hall–Kier alpha value is -1.67. The van der Waals surface area contributed by atoms with Gasteiger partial charge in [0.1, 0.15) is 6.17 Å². The van der Waals surface area contributed by atoms with Crippen LogP contribution >= 0.6 is 0 Å². The zero-order valence-corrected chi connectivity index (χ0v) is 14.1. The van der Waals surface area contributed by atoms with Crippen molar-refractivity contribution in [2.24, 2.45) is 13.0 Å². The molecular weight excluding hydrogens is 313 g/mol. The molecule has 0 saturated carbocycles. The molecule has 8 heteroatoms. The molecule has 1 aromatic rings. The summed E-state index contributed by atoms with van der Waals surface area (Å²) in [5.74, 6) is 0.402. The van der Waals surface area contributed by atoms with Crippen molar-refractivity contribution >= 4 is 6.03 Å². The molecule has 1 aromatic heterocycles. The summed E-state index contributed by atoms with van der Waals surface area (Å²) in [5, 5.41) is 9.89. The van der Waals surface area contributed by atoms with E-state index < -0.39 is 6.17 Å². The standard InChI is InChI=1S/C16H26FN5O2/c1-21-14(2-4-20-21)10-22-9-13(17)6-15(22)8-19-16(23)18-7-12-3-5-24-11-12/h2,4,12-13,15H,3,5-11H2,1H3,(H2,18,19,23)/t12?,13-,15-/m0/s1. The van der Waals surface area contributed by atoms with Crippen LogP contribution in [0.5, 0.6) is 0 Å². The molecule has 2 amide bonds. The van der Waals surface area contributed by atoms with Crippen LogP contribution in [-0.2, 0) is 18.3 Å². The highest BCUT2D eigenvalue weighted by Crippen LogP contribution is 2.22. The molecular formula is C16H26FN5O2. The number of halogens is 1. The maximum Gasteiger partial charge on any atom is 0.314 e. The van der Waals surface area contributed by atoms with E-state index >= 15 is 0 Å². The van der Waals surface area contributed by atoms with Crippen LogP contribution in [0.4, 0.5) is 9.18 Å². The predicted molar refractivity (Wildman–Crippen MR) is 87.2 cm³/mol. The Morgan fingerprint density at radius 1 is 1.46 bits per heavy atom. The number of ether oxygens (including phenoxy) is 1. The summed E-state index contributed by atoms with van der Waals surface area (Å²) in [4.78, 5) is 14.0. The van der Waals surface area contributed by atoms with Crippen LogP contribution in [0.1, 0.15) is 18.5 Å². The number of amides is 2. The maximum absolute atomic E-state index is 13.8. The van der Waals surface area contributed by atoms with E-state index in [1.54, 1.807) is 10.9 Å². The molecule has 2 aliphatic heterocycles. The molecule has 3 rings (SSSR count). The van der Waals surface area contributed by atoms with E-state index in [4.69, 9.17) is 4.74 Å². The Balaban J connectivity index is 1.44. The third kappa shape index (κ3) is 4.45. The van der Waals surface area contributed by atoms with Crippen molar-refractivity contribution in [3.8, 4) is 0 Å². The quantitative estimate of drug-likeness (QED) is 0.799. The van der Waals surface area contributed by atoms with Crippen LogP contribution in [0.25, 0.3) is 0 Å². The van der Waals surface area contributed by atoms with Crippen molar-refractivity contribution in [3.63, 3.8) is 0 Å². The van der Waals surface area contributed by atoms with Crippen molar-refractivity contribution in [1.29, 1.82) is 0 Å². The molecule has 0 spiro atoms. The number of alkyl halides is 1. The molecule has 134 valence electrons. The molecule has 7 nitrogen and oxygen atoms in total. The molecule has 2 N–H and O–H groups in total. The second-order valence-corrected chi connectivity index (χ2v) is 6.68. The Labute approximate surface area is 141 Å². The van der Waals surface area contributed by atoms with Crippen LogP contribution in [0.2, 0.25) is 0 Å². The van der Waals surface area contributed by atoms with E-state index in [0.717, 1.165) is 18.7 Å². The lowest BCUT2D eigenvalue weighted by molar-refractivity contribution is 0.184. The average Bonchev–Trinajstić information content (AvgIpc) is 3.27. The SMILES string of the molecule is Cn1nccc1CN1C[C@@H](F)C[C@H]1CNC(=O)NCC1CCOC1. The fourth-order valence-electron chi connectivity index (χ4n) is 3.35. The number of hydrogen-bond donors (Lipinski definition) is 2. The highest BCUT2D eigenvalue weighted by Gasteiger charge is 2.32. The van der Waals surface area contributed by atoms with Gasteiger partial charge in [0, 0.05) is 58.0 Å². The lowest BCUT2D eigenvalue weighted by Gasteiger charge is -2.24. The highest BCUT2D eigenvalue weighted by atomic mass is 19.1. The predicted octanol–water partition coefficient (Wildman–Crippen LogP) is 0.668. The molecule has 0 aromatic carbocycles. The van der Waals surface area contributed by atoms with Gasteiger partial charge in [0.25, 0.3) is 0 Å². The van der Waals surface area contributed by atoms with Gasteiger partial charge in [-0.1, -0.05) is 0 Å². The first-order valence-corrected chi connectivity index (χ1v) is 8.56. The summed E-state index contributed by atoms with van der Waals surface area (Å²) in [6, 6.07) is 1.76. The number of nitrogens with one attached hydrogen (secondary N) is 2. The van der Waals surface area contributed by atoms with Crippen molar-refractivity contribution in [2.45, 2.75) is 31.6 Å². The molecule has 0 bridgehead atoms. The lowest BCUT2D eigenvalue weighted by atomic mass is 10.1. The minimum absolute atomic E-state index is 0.00969. The number of urea groups is 1. The fourth-order valence-corrected chi connectivity index (χ4v) is 3.35. The molecule has 24 heavy (non-hydrogen) atoms. The van der Waals surface area contributed by atoms with E-state index in [1.807, 2.05) is 13.1 Å². The normalized spacial score (nSPS) is 27.5. The van der Waals surface area contributed by atoms with Crippen LogP contribution in [0.15, 0.2) is 12.3 Å². The fraction of sp³-hybridized carbons (Fsp3) is 0.750. The number of hydrogen-bond acceptors (Lipinski definition) is 4. The molecule has 3 heterocycles. The summed E-state index contributed by atoms with van der Waals surface area (Å²) < 4.78 is 20.9. The molecule has 2 aliphatic rings. The summed E-state index contributed by atoms with van der Waals surface area (Å²) in [7, 11) is 1.88. The third-order valence-corrected chi connectivity index (χ3v) is 4.84. The first-order valence-electron chi connectivity index (χ1n) is 8.56. The minimum atomic E-state index is -0.844. The van der Waals surface area contributed by atoms with E-state index in [9.17, 15) is 9.18 Å². The largest absolute Gasteiger partial charge is 0.381 e. The van der Waals surface area contributed by atoms with E-state index in [-0.39, 0.29) is 12.1 Å². The van der Waals surface area contributed by atoms with Gasteiger partial charge in [-0.05, 0) is 18.9 Å². The van der Waals surface area contributed by atoms with E-state index in [0.29, 0.717) is 45.1 Å². The van der Waals surface area contributed by atoms with Gasteiger partial charge in [-0.15, -0.1) is 0 Å². The molecule has 1 unspecified atom stereocenters. The van der Waals surface area contributed by atoms with Gasteiger partial charge in [-0.2, -0.15) is 5.10 Å². The molecule has 0 aliphatic carbocycles. The molecule has 2 fully saturated rings. The van der Waals surface area contributed by atoms with Gasteiger partial charge in [-0.25, -0.2) is 9.18 Å². The topological polar surface area (TPSA) is 71.4 Å². The Morgan fingerprint density at radius 2 is 2.29 bits per heavy atom. The Kier molecular flexibility index (Phi) is 5.68. The van der Waals surface area contributed by atoms with Gasteiger partial charge < -0.3 is 15.4 Å². The average molecular weight is 339 g/mol. The zero-order valence-electron chi connectivity index (χ0n) is 14.1. The summed E-state index contributed by atoms with van der Waals surface area (Å²) >= 11 is 0. The van der Waals surface area contributed by atoms with Crippen LogP contribution in [0.3, 0.4) is 0 Å². The molecule has 3 atom stereocenters. The van der Waals surface area contributed by atoms with E-state index in [1.165, 1.54) is 0 Å². The van der Waals surface area contributed by atoms with Gasteiger partial charge >= 0.3 is 6.03 Å². The zero-order chi connectivity index (χ0) is 16.9. The summed E-state index contributed by atoms with van der Waals surface area (Å²) in [6.07, 6.45) is 2.34. The van der Waals surface area contributed by atoms with Crippen LogP contribution in [-0.4, -0.2) is 65.8 Å².